The topological polar surface area (TPSA) is 30.7 Å². The standard InChI is InChI=1S/C16H22ClN3/c1-4-13(9-12-5-6-12)20-15(11(3)17)19-14-10(2)7-8-18-16(14)20/h7-8,11-13H,4-6,9H2,1-3H3. The third-order valence-corrected chi connectivity index (χ3v) is 4.50. The number of imidazole rings is 1. The van der Waals surface area contributed by atoms with Crippen LogP contribution >= 0.6 is 11.6 Å². The highest BCUT2D eigenvalue weighted by molar-refractivity contribution is 6.20. The fourth-order valence-electron chi connectivity index (χ4n) is 2.96. The van der Waals surface area contributed by atoms with Crippen molar-refractivity contribution >= 4 is 22.8 Å². The van der Waals surface area contributed by atoms with Gasteiger partial charge in [0.25, 0.3) is 0 Å². The second-order valence-corrected chi connectivity index (χ2v) is 6.65. The number of fused-ring (bicyclic) bond motifs is 1. The molecule has 20 heavy (non-hydrogen) atoms. The fourth-order valence-corrected chi connectivity index (χ4v) is 3.12. The Labute approximate surface area is 125 Å². The first kappa shape index (κ1) is 13.9. The average Bonchev–Trinajstić information content (AvgIpc) is 3.15. The first-order valence-electron chi connectivity index (χ1n) is 7.59. The molecule has 2 aromatic heterocycles. The lowest BCUT2D eigenvalue weighted by Crippen LogP contribution is -2.13. The van der Waals surface area contributed by atoms with Crippen LogP contribution < -0.4 is 0 Å². The van der Waals surface area contributed by atoms with E-state index in [1.54, 1.807) is 0 Å². The van der Waals surface area contributed by atoms with Crippen LogP contribution in [0.15, 0.2) is 12.3 Å². The summed E-state index contributed by atoms with van der Waals surface area (Å²) >= 11 is 6.37. The van der Waals surface area contributed by atoms with Crippen molar-refractivity contribution in [2.24, 2.45) is 5.92 Å². The molecule has 2 heterocycles. The molecule has 0 saturated heterocycles. The molecule has 0 aromatic carbocycles. The first-order chi connectivity index (χ1) is 9.61. The van der Waals surface area contributed by atoms with E-state index in [0.717, 1.165) is 29.3 Å². The summed E-state index contributed by atoms with van der Waals surface area (Å²) in [5.74, 6) is 1.86. The van der Waals surface area contributed by atoms with Crippen LogP contribution in [0.25, 0.3) is 11.2 Å². The van der Waals surface area contributed by atoms with Gasteiger partial charge in [-0.3, -0.25) is 0 Å². The summed E-state index contributed by atoms with van der Waals surface area (Å²) in [6.45, 7) is 6.33. The number of hydrogen-bond donors (Lipinski definition) is 0. The van der Waals surface area contributed by atoms with Crippen LogP contribution in [0.4, 0.5) is 0 Å². The zero-order chi connectivity index (χ0) is 14.3. The highest BCUT2D eigenvalue weighted by Crippen LogP contribution is 2.40. The Morgan fingerprint density at radius 3 is 2.80 bits per heavy atom. The highest BCUT2D eigenvalue weighted by atomic mass is 35.5. The Morgan fingerprint density at radius 2 is 2.20 bits per heavy atom. The molecule has 0 radical (unpaired) electrons. The Bertz CT molecular complexity index is 613. The maximum absolute atomic E-state index is 6.37. The molecule has 1 aliphatic rings. The highest BCUT2D eigenvalue weighted by Gasteiger charge is 2.29. The van der Waals surface area contributed by atoms with Gasteiger partial charge in [-0.15, -0.1) is 11.6 Å². The van der Waals surface area contributed by atoms with Gasteiger partial charge in [-0.05, 0) is 44.2 Å². The van der Waals surface area contributed by atoms with Crippen molar-refractivity contribution in [3.63, 3.8) is 0 Å². The van der Waals surface area contributed by atoms with Gasteiger partial charge in [0, 0.05) is 12.2 Å². The van der Waals surface area contributed by atoms with E-state index in [0.29, 0.717) is 6.04 Å². The van der Waals surface area contributed by atoms with Crippen molar-refractivity contribution in [1.82, 2.24) is 14.5 Å². The maximum atomic E-state index is 6.37. The number of rotatable bonds is 5. The van der Waals surface area contributed by atoms with Gasteiger partial charge in [0.05, 0.1) is 5.38 Å². The molecule has 0 bridgehead atoms. The molecule has 0 aliphatic heterocycles. The van der Waals surface area contributed by atoms with Crippen molar-refractivity contribution in [3.05, 3.63) is 23.7 Å². The van der Waals surface area contributed by atoms with Crippen molar-refractivity contribution in [2.75, 3.05) is 0 Å². The van der Waals surface area contributed by atoms with Gasteiger partial charge >= 0.3 is 0 Å². The molecule has 1 aliphatic carbocycles. The summed E-state index contributed by atoms with van der Waals surface area (Å²) < 4.78 is 2.30. The largest absolute Gasteiger partial charge is 0.308 e. The summed E-state index contributed by atoms with van der Waals surface area (Å²) in [6.07, 6.45) is 6.97. The van der Waals surface area contributed by atoms with E-state index in [1.807, 2.05) is 19.2 Å². The van der Waals surface area contributed by atoms with Gasteiger partial charge < -0.3 is 4.57 Å². The lowest BCUT2D eigenvalue weighted by atomic mass is 10.1. The van der Waals surface area contributed by atoms with Gasteiger partial charge in [0.1, 0.15) is 11.3 Å². The minimum absolute atomic E-state index is 0.0862. The number of halogens is 1. The van der Waals surface area contributed by atoms with Crippen LogP contribution in [0.2, 0.25) is 0 Å². The molecule has 0 amide bonds. The minimum Gasteiger partial charge on any atom is -0.308 e. The smallest absolute Gasteiger partial charge is 0.160 e. The second kappa shape index (κ2) is 5.36. The Morgan fingerprint density at radius 1 is 1.45 bits per heavy atom. The van der Waals surface area contributed by atoms with E-state index in [2.05, 4.69) is 23.4 Å². The van der Waals surface area contributed by atoms with Gasteiger partial charge in [-0.1, -0.05) is 19.8 Å². The molecule has 2 atom stereocenters. The number of nitrogens with zero attached hydrogens (tertiary/aromatic N) is 3. The van der Waals surface area contributed by atoms with E-state index >= 15 is 0 Å². The van der Waals surface area contributed by atoms with E-state index in [-0.39, 0.29) is 5.38 Å². The lowest BCUT2D eigenvalue weighted by molar-refractivity contribution is 0.423. The molecule has 2 unspecified atom stereocenters. The molecule has 0 spiro atoms. The Kier molecular flexibility index (Phi) is 3.72. The van der Waals surface area contributed by atoms with Crippen molar-refractivity contribution < 1.29 is 0 Å². The first-order valence-corrected chi connectivity index (χ1v) is 8.03. The van der Waals surface area contributed by atoms with E-state index in [9.17, 15) is 0 Å². The molecule has 1 saturated carbocycles. The molecule has 3 rings (SSSR count). The molecule has 1 fully saturated rings. The molecule has 2 aromatic rings. The van der Waals surface area contributed by atoms with Crippen LogP contribution in [-0.4, -0.2) is 14.5 Å². The van der Waals surface area contributed by atoms with Crippen LogP contribution in [0.3, 0.4) is 0 Å². The zero-order valence-electron chi connectivity index (χ0n) is 12.4. The number of alkyl halides is 1. The molecule has 108 valence electrons. The zero-order valence-corrected chi connectivity index (χ0v) is 13.2. The monoisotopic (exact) mass is 291 g/mol. The maximum Gasteiger partial charge on any atom is 0.160 e. The van der Waals surface area contributed by atoms with Crippen LogP contribution in [0.1, 0.15) is 62.3 Å². The van der Waals surface area contributed by atoms with Crippen LogP contribution in [0, 0.1) is 12.8 Å². The Balaban J connectivity index is 2.14. The quantitative estimate of drug-likeness (QED) is 0.742. The predicted octanol–water partition coefficient (Wildman–Crippen LogP) is 4.79. The lowest BCUT2D eigenvalue weighted by Gasteiger charge is -2.20. The van der Waals surface area contributed by atoms with Crippen LogP contribution in [-0.2, 0) is 0 Å². The number of aromatic nitrogens is 3. The Hall–Kier alpha value is -1.09. The molecule has 4 heteroatoms. The van der Waals surface area contributed by atoms with Crippen LogP contribution in [0.5, 0.6) is 0 Å². The van der Waals surface area contributed by atoms with Gasteiger partial charge in [-0.25, -0.2) is 9.97 Å². The molecule has 0 N–H and O–H groups in total. The van der Waals surface area contributed by atoms with E-state index in [4.69, 9.17) is 16.6 Å². The summed E-state index contributed by atoms with van der Waals surface area (Å²) in [4.78, 5) is 9.36. The normalized spacial score (nSPS) is 18.4. The van der Waals surface area contributed by atoms with E-state index < -0.39 is 0 Å². The number of hydrogen-bond acceptors (Lipinski definition) is 2. The van der Waals surface area contributed by atoms with Crippen molar-refractivity contribution in [3.8, 4) is 0 Å². The summed E-state index contributed by atoms with van der Waals surface area (Å²) in [6, 6.07) is 2.49. The van der Waals surface area contributed by atoms with Crippen molar-refractivity contribution in [2.45, 2.75) is 57.9 Å². The molecular weight excluding hydrogens is 270 g/mol. The van der Waals surface area contributed by atoms with Gasteiger partial charge in [-0.2, -0.15) is 0 Å². The van der Waals surface area contributed by atoms with Gasteiger partial charge in [0.2, 0.25) is 0 Å². The molecular formula is C16H22ClN3. The predicted molar refractivity (Wildman–Crippen MR) is 83.2 cm³/mol. The fraction of sp³-hybridized carbons (Fsp3) is 0.625. The molecule has 3 nitrogen and oxygen atoms in total. The SMILES string of the molecule is CCC(CC1CC1)n1c(C(C)Cl)nc2c(C)ccnc21. The summed E-state index contributed by atoms with van der Waals surface area (Å²) in [5, 5.41) is -0.0862. The average molecular weight is 292 g/mol. The minimum atomic E-state index is -0.0862. The summed E-state index contributed by atoms with van der Waals surface area (Å²) in [5.41, 5.74) is 3.18. The number of aryl methyl sites for hydroxylation is 1. The van der Waals surface area contributed by atoms with Crippen molar-refractivity contribution in [1.29, 1.82) is 0 Å². The summed E-state index contributed by atoms with van der Waals surface area (Å²) in [7, 11) is 0. The van der Waals surface area contributed by atoms with Gasteiger partial charge in [0.15, 0.2) is 5.65 Å². The van der Waals surface area contributed by atoms with E-state index in [1.165, 1.54) is 24.8 Å². The third-order valence-electron chi connectivity index (χ3n) is 4.30. The number of pyridine rings is 1. The third kappa shape index (κ3) is 2.44. The second-order valence-electron chi connectivity index (χ2n) is 6.00.